The Morgan fingerprint density at radius 2 is 0.969 bits per heavy atom. The molecule has 0 aliphatic heterocycles. The van der Waals surface area contributed by atoms with Gasteiger partial charge in [-0.25, -0.2) is 0 Å². The van der Waals surface area contributed by atoms with E-state index in [0.29, 0.717) is 22.4 Å². The third-order valence-corrected chi connectivity index (χ3v) is 7.35. The average molecular weight is 476 g/mol. The SMILES string of the molecule is CC(C)Cc1ccc([P+](=O)OC(C)C(=O)C(C)O[P+](=O)c2ccc(CC(C)C)cc2)cc1. The normalized spacial score (nSPS) is 14.4. The van der Waals surface area contributed by atoms with Gasteiger partial charge in [0.05, 0.1) is 0 Å². The molecule has 4 unspecified atom stereocenters. The third-order valence-electron chi connectivity index (χ3n) is 4.89. The predicted octanol–water partition coefficient (Wildman–Crippen LogP) is 5.90. The fraction of sp³-hybridized carbons (Fsp3) is 0.480. The van der Waals surface area contributed by atoms with Crippen LogP contribution in [0.15, 0.2) is 48.5 Å². The molecule has 0 aliphatic rings. The number of Topliss-reactive ketones (excluding diaryl/α,β-unsaturated/α-hetero) is 1. The van der Waals surface area contributed by atoms with Crippen molar-refractivity contribution < 1.29 is 23.0 Å². The highest BCUT2D eigenvalue weighted by Gasteiger charge is 2.36. The summed E-state index contributed by atoms with van der Waals surface area (Å²) in [6.07, 6.45) is 0.00200. The van der Waals surface area contributed by atoms with Crippen LogP contribution in [0, 0.1) is 11.8 Å². The summed E-state index contributed by atoms with van der Waals surface area (Å²) >= 11 is 0. The van der Waals surface area contributed by atoms with Crippen molar-refractivity contribution in [2.24, 2.45) is 11.8 Å². The molecule has 0 aromatic heterocycles. The van der Waals surface area contributed by atoms with Gasteiger partial charge in [0, 0.05) is 0 Å². The van der Waals surface area contributed by atoms with Gasteiger partial charge >= 0.3 is 16.1 Å². The molecule has 0 fully saturated rings. The molecular weight excluding hydrogens is 442 g/mol. The molecule has 0 spiro atoms. The van der Waals surface area contributed by atoms with Crippen LogP contribution in [0.5, 0.6) is 0 Å². The summed E-state index contributed by atoms with van der Waals surface area (Å²) in [5.41, 5.74) is 2.33. The zero-order valence-electron chi connectivity index (χ0n) is 19.8. The van der Waals surface area contributed by atoms with E-state index in [1.165, 1.54) is 25.0 Å². The van der Waals surface area contributed by atoms with Crippen molar-refractivity contribution >= 4 is 32.4 Å². The molecule has 0 radical (unpaired) electrons. The van der Waals surface area contributed by atoms with Crippen molar-refractivity contribution in [1.29, 1.82) is 0 Å². The van der Waals surface area contributed by atoms with E-state index in [-0.39, 0.29) is 0 Å². The lowest BCUT2D eigenvalue weighted by Gasteiger charge is -2.08. The highest BCUT2D eigenvalue weighted by Crippen LogP contribution is 2.28. The lowest BCUT2D eigenvalue weighted by molar-refractivity contribution is -0.130. The van der Waals surface area contributed by atoms with Crippen molar-refractivity contribution in [2.75, 3.05) is 0 Å². The second-order valence-electron chi connectivity index (χ2n) is 8.94. The Morgan fingerprint density at radius 1 is 0.656 bits per heavy atom. The molecule has 0 amide bonds. The van der Waals surface area contributed by atoms with Gasteiger partial charge in [-0.05, 0) is 83.0 Å². The lowest BCUT2D eigenvalue weighted by atomic mass is 10.0. The van der Waals surface area contributed by atoms with Crippen LogP contribution in [0.1, 0.15) is 52.7 Å². The zero-order chi connectivity index (χ0) is 23.8. The van der Waals surface area contributed by atoms with Gasteiger partial charge in [0.25, 0.3) is 0 Å². The molecule has 0 N–H and O–H groups in total. The van der Waals surface area contributed by atoms with Gasteiger partial charge in [-0.2, -0.15) is 0 Å². The summed E-state index contributed by atoms with van der Waals surface area (Å²) in [6.45, 7) is 11.6. The summed E-state index contributed by atoms with van der Waals surface area (Å²) in [5.74, 6) is 0.675. The van der Waals surface area contributed by atoms with Crippen LogP contribution in [0.4, 0.5) is 0 Å². The number of rotatable bonds is 12. The van der Waals surface area contributed by atoms with Gasteiger partial charge in [0.2, 0.25) is 10.6 Å². The predicted molar refractivity (Wildman–Crippen MR) is 131 cm³/mol. The van der Waals surface area contributed by atoms with Gasteiger partial charge in [0.15, 0.2) is 18.0 Å². The standard InChI is InChI=1S/C25H34O5P2/c1-17(2)15-21-7-11-23(12-8-21)31(27)29-19(5)25(26)20(6)30-32(28)24-13-9-22(10-14-24)16-18(3)4/h7-14,17-20H,15-16H2,1-6H3/q+2. The first-order chi connectivity index (χ1) is 15.1. The Labute approximate surface area is 193 Å². The molecule has 4 atom stereocenters. The van der Waals surface area contributed by atoms with Crippen LogP contribution in [0.3, 0.4) is 0 Å². The average Bonchev–Trinajstić information content (AvgIpc) is 2.73. The molecule has 0 heterocycles. The molecule has 0 bridgehead atoms. The highest BCUT2D eigenvalue weighted by atomic mass is 31.1. The smallest absolute Gasteiger partial charge is 0.293 e. The van der Waals surface area contributed by atoms with Crippen molar-refractivity contribution in [3.8, 4) is 0 Å². The number of ketones is 1. The van der Waals surface area contributed by atoms with E-state index in [0.717, 1.165) is 12.8 Å². The minimum atomic E-state index is -2.18. The van der Waals surface area contributed by atoms with Crippen LogP contribution < -0.4 is 10.6 Å². The molecule has 0 aliphatic carbocycles. The van der Waals surface area contributed by atoms with E-state index in [1.807, 2.05) is 24.3 Å². The van der Waals surface area contributed by atoms with E-state index in [1.54, 1.807) is 24.3 Å². The maximum absolute atomic E-state index is 12.6. The monoisotopic (exact) mass is 476 g/mol. The van der Waals surface area contributed by atoms with E-state index < -0.39 is 34.0 Å². The number of carbonyl (C=O) groups excluding carboxylic acids is 1. The maximum atomic E-state index is 12.6. The van der Waals surface area contributed by atoms with Crippen molar-refractivity contribution in [1.82, 2.24) is 0 Å². The van der Waals surface area contributed by atoms with E-state index >= 15 is 0 Å². The molecule has 7 heteroatoms. The number of hydrogen-bond acceptors (Lipinski definition) is 5. The van der Waals surface area contributed by atoms with E-state index in [2.05, 4.69) is 27.7 Å². The van der Waals surface area contributed by atoms with Crippen molar-refractivity contribution in [3.63, 3.8) is 0 Å². The van der Waals surface area contributed by atoms with Gasteiger partial charge in [0.1, 0.15) is 0 Å². The van der Waals surface area contributed by atoms with Crippen molar-refractivity contribution in [2.45, 2.75) is 66.6 Å². The first kappa shape index (κ1) is 26.5. The summed E-state index contributed by atoms with van der Waals surface area (Å²) < 4.78 is 36.0. The van der Waals surface area contributed by atoms with Crippen molar-refractivity contribution in [3.05, 3.63) is 59.7 Å². The Kier molecular flexibility index (Phi) is 10.3. The fourth-order valence-corrected chi connectivity index (χ4v) is 5.10. The van der Waals surface area contributed by atoms with Crippen LogP contribution >= 0.6 is 16.1 Å². The van der Waals surface area contributed by atoms with Gasteiger partial charge in [-0.15, -0.1) is 9.05 Å². The van der Waals surface area contributed by atoms with E-state index in [9.17, 15) is 13.9 Å². The van der Waals surface area contributed by atoms with Gasteiger partial charge in [-0.1, -0.05) is 52.0 Å². The Bertz CT molecular complexity index is 845. The number of benzene rings is 2. The number of carbonyl (C=O) groups is 1. The Morgan fingerprint density at radius 3 is 1.25 bits per heavy atom. The molecule has 2 aromatic rings. The second kappa shape index (κ2) is 12.5. The maximum Gasteiger partial charge on any atom is 0.549 e. The third kappa shape index (κ3) is 8.30. The summed E-state index contributed by atoms with van der Waals surface area (Å²) in [5, 5.41) is 1.07. The molecule has 32 heavy (non-hydrogen) atoms. The van der Waals surface area contributed by atoms with Gasteiger partial charge < -0.3 is 0 Å². The second-order valence-corrected chi connectivity index (χ2v) is 11.4. The van der Waals surface area contributed by atoms with Crippen LogP contribution in [0.25, 0.3) is 0 Å². The minimum Gasteiger partial charge on any atom is -0.293 e. The fourth-order valence-electron chi connectivity index (χ4n) is 3.29. The topological polar surface area (TPSA) is 69.7 Å². The van der Waals surface area contributed by atoms with Crippen LogP contribution in [-0.4, -0.2) is 18.0 Å². The first-order valence-electron chi connectivity index (χ1n) is 11.1. The quantitative estimate of drug-likeness (QED) is 0.357. The summed E-state index contributed by atoms with van der Waals surface area (Å²) in [7, 11) is -4.36. The summed E-state index contributed by atoms with van der Waals surface area (Å²) in [4.78, 5) is 12.6. The largest absolute Gasteiger partial charge is 0.549 e. The van der Waals surface area contributed by atoms with E-state index in [4.69, 9.17) is 9.05 Å². The van der Waals surface area contributed by atoms with Crippen LogP contribution in [-0.2, 0) is 35.8 Å². The molecule has 2 aromatic carbocycles. The first-order valence-corrected chi connectivity index (χ1v) is 13.4. The Balaban J connectivity index is 1.90. The zero-order valence-corrected chi connectivity index (χ0v) is 21.6. The molecule has 172 valence electrons. The molecule has 2 rings (SSSR count). The highest BCUT2D eigenvalue weighted by molar-refractivity contribution is 7.48. The number of hydrogen-bond donors (Lipinski definition) is 0. The molecule has 0 saturated heterocycles. The lowest BCUT2D eigenvalue weighted by Crippen LogP contribution is -2.30. The molecule has 5 nitrogen and oxygen atoms in total. The minimum absolute atomic E-state index is 0.399. The molecule has 0 saturated carbocycles. The van der Waals surface area contributed by atoms with Crippen LogP contribution in [0.2, 0.25) is 0 Å². The Hall–Kier alpha value is -1.77. The molecular formula is C25H34O5P2+2. The van der Waals surface area contributed by atoms with Gasteiger partial charge in [-0.3, -0.25) is 4.79 Å². The summed E-state index contributed by atoms with van der Waals surface area (Å²) in [6, 6.07) is 14.8.